The third-order valence-corrected chi connectivity index (χ3v) is 3.67. The smallest absolute Gasteiger partial charge is 0.258 e. The van der Waals surface area contributed by atoms with Gasteiger partial charge >= 0.3 is 0 Å². The molecule has 2 aromatic carbocycles. The van der Waals surface area contributed by atoms with Crippen LogP contribution in [0.15, 0.2) is 79.1 Å². The molecule has 0 bridgehead atoms. The minimum Gasteiger partial charge on any atom is -0.481 e. The van der Waals surface area contributed by atoms with Gasteiger partial charge in [-0.2, -0.15) is 0 Å². The van der Waals surface area contributed by atoms with Crippen molar-refractivity contribution < 1.29 is 13.9 Å². The van der Waals surface area contributed by atoms with Gasteiger partial charge in [-0.3, -0.25) is 9.78 Å². The summed E-state index contributed by atoms with van der Waals surface area (Å²) in [5.74, 6) is -0.782. The zero-order valence-corrected chi connectivity index (χ0v) is 13.4. The summed E-state index contributed by atoms with van der Waals surface area (Å²) in [5.41, 5.74) is 1.84. The van der Waals surface area contributed by atoms with Gasteiger partial charge in [0, 0.05) is 12.4 Å². The van der Waals surface area contributed by atoms with Gasteiger partial charge in [0.1, 0.15) is 0 Å². The molecule has 1 heterocycles. The average molecular weight is 336 g/mol. The van der Waals surface area contributed by atoms with Crippen LogP contribution in [0.4, 0.5) is 4.39 Å². The van der Waals surface area contributed by atoms with E-state index >= 15 is 0 Å². The highest BCUT2D eigenvalue weighted by molar-refractivity contribution is 5.78. The van der Waals surface area contributed by atoms with Crippen LogP contribution in [0.2, 0.25) is 0 Å². The van der Waals surface area contributed by atoms with Gasteiger partial charge in [-0.1, -0.05) is 42.5 Å². The number of carbonyl (C=O) groups is 1. The number of hydrogen-bond acceptors (Lipinski definition) is 3. The van der Waals surface area contributed by atoms with Crippen molar-refractivity contribution in [3.8, 4) is 5.75 Å². The number of carbonyl (C=O) groups excluding carboxylic acids is 1. The molecule has 25 heavy (non-hydrogen) atoms. The summed E-state index contributed by atoms with van der Waals surface area (Å²) in [6.45, 7) is -0.269. The number of hydrogen-bond donors (Lipinski definition) is 1. The Kier molecular flexibility index (Phi) is 5.36. The first-order valence-electron chi connectivity index (χ1n) is 7.85. The monoisotopic (exact) mass is 336 g/mol. The minimum atomic E-state index is -0.496. The molecule has 0 spiro atoms. The molecule has 1 aromatic heterocycles. The number of nitrogens with one attached hydrogen (secondary N) is 1. The number of rotatable bonds is 6. The second kappa shape index (κ2) is 8.06. The van der Waals surface area contributed by atoms with E-state index in [4.69, 9.17) is 4.74 Å². The van der Waals surface area contributed by atoms with E-state index in [9.17, 15) is 9.18 Å². The van der Waals surface area contributed by atoms with Crippen LogP contribution < -0.4 is 10.1 Å². The van der Waals surface area contributed by atoms with E-state index < -0.39 is 5.82 Å². The Balaban J connectivity index is 1.72. The Morgan fingerprint density at radius 3 is 2.32 bits per heavy atom. The molecule has 1 N–H and O–H groups in total. The van der Waals surface area contributed by atoms with Crippen LogP contribution in [0.25, 0.3) is 0 Å². The highest BCUT2D eigenvalue weighted by atomic mass is 19.1. The number of amides is 1. The van der Waals surface area contributed by atoms with E-state index in [-0.39, 0.29) is 24.3 Å². The average Bonchev–Trinajstić information content (AvgIpc) is 2.67. The van der Waals surface area contributed by atoms with Gasteiger partial charge in [-0.15, -0.1) is 0 Å². The number of para-hydroxylation sites is 1. The van der Waals surface area contributed by atoms with E-state index in [0.29, 0.717) is 0 Å². The summed E-state index contributed by atoms with van der Waals surface area (Å²) in [4.78, 5) is 16.3. The zero-order valence-electron chi connectivity index (χ0n) is 13.4. The van der Waals surface area contributed by atoms with Gasteiger partial charge in [0.05, 0.1) is 6.04 Å². The lowest BCUT2D eigenvalue weighted by atomic mass is 10.00. The van der Waals surface area contributed by atoms with Crippen LogP contribution in [-0.4, -0.2) is 17.5 Å². The lowest BCUT2D eigenvalue weighted by Gasteiger charge is -2.20. The van der Waals surface area contributed by atoms with Crippen molar-refractivity contribution in [1.29, 1.82) is 0 Å². The van der Waals surface area contributed by atoms with Gasteiger partial charge in [0.15, 0.2) is 18.2 Å². The maximum Gasteiger partial charge on any atom is 0.258 e. The lowest BCUT2D eigenvalue weighted by Crippen LogP contribution is -2.33. The molecule has 0 aliphatic heterocycles. The van der Waals surface area contributed by atoms with Crippen LogP contribution >= 0.6 is 0 Å². The van der Waals surface area contributed by atoms with Crippen molar-refractivity contribution in [2.24, 2.45) is 0 Å². The normalized spacial score (nSPS) is 11.6. The largest absolute Gasteiger partial charge is 0.481 e. The predicted octanol–water partition coefficient (Wildman–Crippen LogP) is 3.51. The van der Waals surface area contributed by atoms with Crippen molar-refractivity contribution >= 4 is 5.91 Å². The van der Waals surface area contributed by atoms with Crippen LogP contribution in [0.5, 0.6) is 5.75 Å². The molecule has 0 saturated carbocycles. The van der Waals surface area contributed by atoms with E-state index in [1.165, 1.54) is 12.1 Å². The molecule has 126 valence electrons. The quantitative estimate of drug-likeness (QED) is 0.749. The van der Waals surface area contributed by atoms with E-state index in [1.54, 1.807) is 24.5 Å². The maximum absolute atomic E-state index is 13.6. The van der Waals surface area contributed by atoms with E-state index in [0.717, 1.165) is 11.1 Å². The molecular formula is C20H17FN2O2. The maximum atomic E-state index is 13.6. The lowest BCUT2D eigenvalue weighted by molar-refractivity contribution is -0.123. The molecule has 3 rings (SSSR count). The second-order valence-electron chi connectivity index (χ2n) is 5.41. The Labute approximate surface area is 145 Å². The Hall–Kier alpha value is -3.21. The number of ether oxygens (including phenoxy) is 1. The minimum absolute atomic E-state index is 0.0535. The fourth-order valence-electron chi connectivity index (χ4n) is 2.47. The molecule has 1 atom stereocenters. The van der Waals surface area contributed by atoms with Gasteiger partial charge in [-0.05, 0) is 35.4 Å². The van der Waals surface area contributed by atoms with Gasteiger partial charge < -0.3 is 10.1 Å². The molecule has 4 nitrogen and oxygen atoms in total. The van der Waals surface area contributed by atoms with E-state index in [2.05, 4.69) is 10.3 Å². The number of nitrogens with zero attached hydrogens (tertiary/aromatic N) is 1. The van der Waals surface area contributed by atoms with Gasteiger partial charge in [-0.25, -0.2) is 4.39 Å². The van der Waals surface area contributed by atoms with Crippen molar-refractivity contribution in [2.45, 2.75) is 6.04 Å². The summed E-state index contributed by atoms with van der Waals surface area (Å²) in [5, 5.41) is 2.93. The summed E-state index contributed by atoms with van der Waals surface area (Å²) in [6, 6.07) is 18.9. The third kappa shape index (κ3) is 4.41. The number of halogens is 1. The Morgan fingerprint density at radius 1 is 0.960 bits per heavy atom. The highest BCUT2D eigenvalue weighted by Crippen LogP contribution is 2.21. The van der Waals surface area contributed by atoms with Crippen LogP contribution in [0.1, 0.15) is 17.2 Å². The molecule has 5 heteroatoms. The van der Waals surface area contributed by atoms with Crippen molar-refractivity contribution in [3.63, 3.8) is 0 Å². The second-order valence-corrected chi connectivity index (χ2v) is 5.41. The van der Waals surface area contributed by atoms with E-state index in [1.807, 2.05) is 42.5 Å². The van der Waals surface area contributed by atoms with Crippen molar-refractivity contribution in [3.05, 3.63) is 96.1 Å². The third-order valence-electron chi connectivity index (χ3n) is 3.67. The standard InChI is InChI=1S/C20H17FN2O2/c21-17-8-4-5-9-18(17)25-14-19(24)23-20(15-6-2-1-3-7-15)16-10-12-22-13-11-16/h1-13,20H,14H2,(H,23,24). The Morgan fingerprint density at radius 2 is 1.60 bits per heavy atom. The first-order valence-corrected chi connectivity index (χ1v) is 7.85. The molecule has 3 aromatic rings. The Bertz CT molecular complexity index is 786. The molecule has 0 radical (unpaired) electrons. The van der Waals surface area contributed by atoms with Crippen LogP contribution in [0.3, 0.4) is 0 Å². The molecule has 1 unspecified atom stereocenters. The highest BCUT2D eigenvalue weighted by Gasteiger charge is 2.17. The summed E-state index contributed by atoms with van der Waals surface area (Å²) >= 11 is 0. The molecule has 1 amide bonds. The zero-order chi connectivity index (χ0) is 17.5. The molecule has 0 aliphatic carbocycles. The first kappa shape index (κ1) is 16.6. The van der Waals surface area contributed by atoms with Gasteiger partial charge in [0.25, 0.3) is 5.91 Å². The first-order chi connectivity index (χ1) is 12.2. The number of benzene rings is 2. The predicted molar refractivity (Wildman–Crippen MR) is 92.6 cm³/mol. The summed E-state index contributed by atoms with van der Waals surface area (Å²) in [6.07, 6.45) is 3.35. The van der Waals surface area contributed by atoms with Crippen molar-refractivity contribution in [2.75, 3.05) is 6.61 Å². The fourth-order valence-corrected chi connectivity index (χ4v) is 2.47. The fraction of sp³-hybridized carbons (Fsp3) is 0.100. The van der Waals surface area contributed by atoms with Crippen LogP contribution in [0, 0.1) is 5.82 Å². The molecule has 0 saturated heterocycles. The topological polar surface area (TPSA) is 51.2 Å². The van der Waals surface area contributed by atoms with Crippen molar-refractivity contribution in [1.82, 2.24) is 10.3 Å². The molecule has 0 fully saturated rings. The number of aromatic nitrogens is 1. The SMILES string of the molecule is O=C(COc1ccccc1F)NC(c1ccccc1)c1ccncc1. The summed E-state index contributed by atoms with van der Waals surface area (Å²) < 4.78 is 18.8. The summed E-state index contributed by atoms with van der Waals surface area (Å²) in [7, 11) is 0. The number of pyridine rings is 1. The van der Waals surface area contributed by atoms with Gasteiger partial charge in [0.2, 0.25) is 0 Å². The van der Waals surface area contributed by atoms with Crippen LogP contribution in [-0.2, 0) is 4.79 Å². The molecule has 0 aliphatic rings. The molecular weight excluding hydrogens is 319 g/mol.